The van der Waals surface area contributed by atoms with Gasteiger partial charge in [-0.25, -0.2) is 9.97 Å². The molecule has 1 aromatic heterocycles. The first-order valence-electron chi connectivity index (χ1n) is 5.56. The molecule has 0 saturated carbocycles. The number of hydrogen-bond acceptors (Lipinski definition) is 3. The average molecular weight is 292 g/mol. The van der Waals surface area contributed by atoms with E-state index in [0.717, 1.165) is 28.8 Å². The molecule has 3 nitrogen and oxygen atoms in total. The third kappa shape index (κ3) is 3.27. The van der Waals surface area contributed by atoms with Crippen LogP contribution in [0.1, 0.15) is 18.2 Å². The Morgan fingerprint density at radius 2 is 2.18 bits per heavy atom. The molecule has 0 atom stereocenters. The minimum atomic E-state index is 0.719. The highest BCUT2D eigenvalue weighted by atomic mass is 79.9. The van der Waals surface area contributed by atoms with Crippen molar-refractivity contribution >= 4 is 21.6 Å². The molecule has 0 bridgehead atoms. The molecule has 0 aliphatic carbocycles. The summed E-state index contributed by atoms with van der Waals surface area (Å²) in [6, 6.07) is 8.19. The van der Waals surface area contributed by atoms with Crippen molar-refractivity contribution in [3.63, 3.8) is 0 Å². The predicted molar refractivity (Wildman–Crippen MR) is 72.9 cm³/mol. The summed E-state index contributed by atoms with van der Waals surface area (Å²) in [6.45, 7) is 2.87. The van der Waals surface area contributed by atoms with Crippen LogP contribution in [0, 0.1) is 0 Å². The van der Waals surface area contributed by atoms with Crippen LogP contribution >= 0.6 is 15.9 Å². The van der Waals surface area contributed by atoms with Crippen molar-refractivity contribution in [2.75, 3.05) is 5.32 Å². The number of nitrogens with one attached hydrogen (secondary N) is 1. The zero-order valence-electron chi connectivity index (χ0n) is 9.65. The number of halogens is 1. The van der Waals surface area contributed by atoms with Crippen LogP contribution in [-0.2, 0) is 13.0 Å². The van der Waals surface area contributed by atoms with Crippen molar-refractivity contribution < 1.29 is 0 Å². The Kier molecular flexibility index (Phi) is 4.09. The standard InChI is InChI=1S/C13H14BrN3/c1-2-10-7-11(14)3-4-13(10)16-8-12-5-6-15-9-17-12/h3-7,9,16H,2,8H2,1H3. The van der Waals surface area contributed by atoms with Crippen molar-refractivity contribution in [2.45, 2.75) is 19.9 Å². The Hall–Kier alpha value is -1.42. The van der Waals surface area contributed by atoms with Crippen LogP contribution in [0.2, 0.25) is 0 Å². The Morgan fingerprint density at radius 3 is 2.88 bits per heavy atom. The van der Waals surface area contributed by atoms with E-state index in [1.54, 1.807) is 12.5 Å². The monoisotopic (exact) mass is 291 g/mol. The molecule has 1 aromatic carbocycles. The zero-order valence-corrected chi connectivity index (χ0v) is 11.2. The summed E-state index contributed by atoms with van der Waals surface area (Å²) < 4.78 is 1.11. The Morgan fingerprint density at radius 1 is 1.29 bits per heavy atom. The lowest BCUT2D eigenvalue weighted by Gasteiger charge is -2.10. The normalized spacial score (nSPS) is 10.2. The second-order valence-electron chi connectivity index (χ2n) is 3.71. The quantitative estimate of drug-likeness (QED) is 0.938. The van der Waals surface area contributed by atoms with Crippen molar-refractivity contribution in [2.24, 2.45) is 0 Å². The molecule has 0 aliphatic heterocycles. The van der Waals surface area contributed by atoms with Gasteiger partial charge in [-0.15, -0.1) is 0 Å². The van der Waals surface area contributed by atoms with Gasteiger partial charge in [0.1, 0.15) is 6.33 Å². The smallest absolute Gasteiger partial charge is 0.115 e. The topological polar surface area (TPSA) is 37.8 Å². The molecule has 0 aliphatic rings. The van der Waals surface area contributed by atoms with Crippen LogP contribution < -0.4 is 5.32 Å². The van der Waals surface area contributed by atoms with Gasteiger partial charge in [-0.1, -0.05) is 22.9 Å². The number of hydrogen-bond donors (Lipinski definition) is 1. The number of aromatic nitrogens is 2. The summed E-state index contributed by atoms with van der Waals surface area (Å²) in [5.41, 5.74) is 3.45. The fourth-order valence-electron chi connectivity index (χ4n) is 1.64. The summed E-state index contributed by atoms with van der Waals surface area (Å²) in [6.07, 6.45) is 4.33. The molecular formula is C13H14BrN3. The largest absolute Gasteiger partial charge is 0.379 e. The van der Waals surface area contributed by atoms with Gasteiger partial charge in [0.25, 0.3) is 0 Å². The van der Waals surface area contributed by atoms with E-state index >= 15 is 0 Å². The van der Waals surface area contributed by atoms with Crippen molar-refractivity contribution in [3.8, 4) is 0 Å². The van der Waals surface area contributed by atoms with E-state index < -0.39 is 0 Å². The predicted octanol–water partition coefficient (Wildman–Crippen LogP) is 3.41. The summed E-state index contributed by atoms with van der Waals surface area (Å²) in [5, 5.41) is 3.40. The van der Waals surface area contributed by atoms with E-state index in [0.29, 0.717) is 0 Å². The fraction of sp³-hybridized carbons (Fsp3) is 0.231. The molecule has 2 rings (SSSR count). The number of benzene rings is 1. The van der Waals surface area contributed by atoms with E-state index in [1.807, 2.05) is 12.1 Å². The third-order valence-electron chi connectivity index (χ3n) is 2.55. The van der Waals surface area contributed by atoms with Crippen molar-refractivity contribution in [1.29, 1.82) is 0 Å². The lowest BCUT2D eigenvalue weighted by molar-refractivity contribution is 0.998. The first-order chi connectivity index (χ1) is 8.29. The van der Waals surface area contributed by atoms with E-state index in [1.165, 1.54) is 5.56 Å². The maximum Gasteiger partial charge on any atom is 0.115 e. The second kappa shape index (κ2) is 5.77. The van der Waals surface area contributed by atoms with Crippen molar-refractivity contribution in [3.05, 3.63) is 52.5 Å². The first kappa shape index (κ1) is 12.0. The van der Waals surface area contributed by atoms with Crippen LogP contribution in [0.5, 0.6) is 0 Å². The summed E-state index contributed by atoms with van der Waals surface area (Å²) in [5.74, 6) is 0. The summed E-state index contributed by atoms with van der Waals surface area (Å²) >= 11 is 3.48. The highest BCUT2D eigenvalue weighted by Crippen LogP contribution is 2.21. The fourth-order valence-corrected chi connectivity index (χ4v) is 2.04. The van der Waals surface area contributed by atoms with Crippen molar-refractivity contribution in [1.82, 2.24) is 9.97 Å². The molecule has 0 spiro atoms. The second-order valence-corrected chi connectivity index (χ2v) is 4.62. The lowest BCUT2D eigenvalue weighted by atomic mass is 10.1. The highest BCUT2D eigenvalue weighted by molar-refractivity contribution is 9.10. The molecule has 88 valence electrons. The third-order valence-corrected chi connectivity index (χ3v) is 3.04. The van der Waals surface area contributed by atoms with Gasteiger partial charge >= 0.3 is 0 Å². The van der Waals surface area contributed by atoms with Crippen LogP contribution in [0.15, 0.2) is 41.3 Å². The molecule has 1 heterocycles. The molecule has 1 N–H and O–H groups in total. The van der Waals surface area contributed by atoms with Gasteiger partial charge < -0.3 is 5.32 Å². The highest BCUT2D eigenvalue weighted by Gasteiger charge is 2.01. The zero-order chi connectivity index (χ0) is 12.1. The minimum Gasteiger partial charge on any atom is -0.379 e. The van der Waals surface area contributed by atoms with E-state index in [4.69, 9.17) is 0 Å². The average Bonchev–Trinajstić information content (AvgIpc) is 2.38. The Balaban J connectivity index is 2.09. The Bertz CT molecular complexity index is 485. The number of nitrogens with zero attached hydrogens (tertiary/aromatic N) is 2. The van der Waals surface area contributed by atoms with E-state index in [-0.39, 0.29) is 0 Å². The molecule has 4 heteroatoms. The maximum atomic E-state index is 4.18. The van der Waals surface area contributed by atoms with Gasteiger partial charge in [0.05, 0.1) is 12.2 Å². The van der Waals surface area contributed by atoms with Crippen LogP contribution in [-0.4, -0.2) is 9.97 Å². The summed E-state index contributed by atoms with van der Waals surface area (Å²) in [4.78, 5) is 8.08. The molecule has 0 fully saturated rings. The van der Waals surface area contributed by atoms with Gasteiger partial charge in [-0.05, 0) is 36.2 Å². The Labute approximate surface area is 109 Å². The van der Waals surface area contributed by atoms with E-state index in [9.17, 15) is 0 Å². The lowest BCUT2D eigenvalue weighted by Crippen LogP contribution is -2.03. The van der Waals surface area contributed by atoms with E-state index in [2.05, 4.69) is 50.3 Å². The maximum absolute atomic E-state index is 4.18. The van der Waals surface area contributed by atoms with Gasteiger partial charge in [-0.3, -0.25) is 0 Å². The molecule has 0 saturated heterocycles. The van der Waals surface area contributed by atoms with Crippen LogP contribution in [0.25, 0.3) is 0 Å². The van der Waals surface area contributed by atoms with Gasteiger partial charge in [0, 0.05) is 16.4 Å². The van der Waals surface area contributed by atoms with Crippen LogP contribution in [0.4, 0.5) is 5.69 Å². The molecule has 2 aromatic rings. The summed E-state index contributed by atoms with van der Waals surface area (Å²) in [7, 11) is 0. The van der Waals surface area contributed by atoms with Gasteiger partial charge in [0.2, 0.25) is 0 Å². The molecule has 17 heavy (non-hydrogen) atoms. The SMILES string of the molecule is CCc1cc(Br)ccc1NCc1ccncn1. The number of aryl methyl sites for hydroxylation is 1. The van der Waals surface area contributed by atoms with Gasteiger partial charge in [-0.2, -0.15) is 0 Å². The molecule has 0 amide bonds. The number of anilines is 1. The molecule has 0 radical (unpaired) electrons. The first-order valence-corrected chi connectivity index (χ1v) is 6.36. The van der Waals surface area contributed by atoms with Gasteiger partial charge in [0.15, 0.2) is 0 Å². The number of rotatable bonds is 4. The molecule has 0 unspecified atom stereocenters. The molecular weight excluding hydrogens is 278 g/mol. The van der Waals surface area contributed by atoms with Crippen LogP contribution in [0.3, 0.4) is 0 Å². The minimum absolute atomic E-state index is 0.719.